The van der Waals surface area contributed by atoms with Crippen molar-refractivity contribution >= 4 is 23.6 Å². The van der Waals surface area contributed by atoms with Gasteiger partial charge in [0.2, 0.25) is 5.91 Å². The van der Waals surface area contributed by atoms with Crippen molar-refractivity contribution in [3.05, 3.63) is 149 Å². The van der Waals surface area contributed by atoms with Gasteiger partial charge < -0.3 is 25.2 Å². The molecule has 14 heteroatoms. The van der Waals surface area contributed by atoms with Crippen LogP contribution in [-0.2, 0) is 40.4 Å². The highest BCUT2D eigenvalue weighted by molar-refractivity contribution is 5.85. The van der Waals surface area contributed by atoms with E-state index in [2.05, 4.69) is 20.9 Å². The molecule has 0 radical (unpaired) electrons. The third kappa shape index (κ3) is 10.1. The van der Waals surface area contributed by atoms with E-state index >= 15 is 8.78 Å². The van der Waals surface area contributed by atoms with Crippen LogP contribution in [0.15, 0.2) is 126 Å². The van der Waals surface area contributed by atoms with Crippen LogP contribution >= 0.6 is 0 Å². The number of carbonyl (C=O) groups is 3. The summed E-state index contributed by atoms with van der Waals surface area (Å²) in [5, 5.41) is 17.9. The minimum atomic E-state index is -4.34. The molecule has 12 nitrogen and oxygen atoms in total. The smallest absolute Gasteiger partial charge is 0.412 e. The number of hydrogen-bond acceptors (Lipinski definition) is 8. The van der Waals surface area contributed by atoms with E-state index in [-0.39, 0.29) is 31.1 Å². The number of aromatic nitrogens is 2. The molecule has 4 aromatic carbocycles. The quantitative estimate of drug-likeness (QED) is 0.121. The molecule has 0 aliphatic heterocycles. The van der Waals surface area contributed by atoms with Crippen LogP contribution in [0.4, 0.5) is 19.3 Å². The molecule has 0 spiro atoms. The number of alkyl halides is 2. The number of halogens is 2. The Morgan fingerprint density at radius 1 is 0.868 bits per heavy atom. The first-order chi connectivity index (χ1) is 25.5. The highest BCUT2D eigenvalue weighted by Crippen LogP contribution is 2.25. The molecular formula is C39H37F2N5O7. The zero-order valence-corrected chi connectivity index (χ0v) is 28.6. The molecule has 53 heavy (non-hydrogen) atoms. The Morgan fingerprint density at radius 3 is 2.13 bits per heavy atom. The van der Waals surface area contributed by atoms with Gasteiger partial charge >= 0.3 is 12.0 Å². The molecule has 0 aliphatic rings. The fourth-order valence-electron chi connectivity index (χ4n) is 5.37. The molecule has 5 aromatic rings. The average molecular weight is 726 g/mol. The Hall–Kier alpha value is -6.41. The molecule has 4 N–H and O–H groups in total. The Balaban J connectivity index is 1.40. The molecule has 1 heterocycles. The molecule has 1 aromatic heterocycles. The summed E-state index contributed by atoms with van der Waals surface area (Å²) >= 11 is 0. The average Bonchev–Trinajstić information content (AvgIpc) is 3.18. The number of benzene rings is 4. The van der Waals surface area contributed by atoms with Gasteiger partial charge in [-0.3, -0.25) is 24.3 Å². The summed E-state index contributed by atoms with van der Waals surface area (Å²) in [5.74, 6) is -6.64. The number of methoxy groups -OCH3 is 1. The number of nitrogens with one attached hydrogen (secondary N) is 3. The molecule has 2 unspecified atom stereocenters. The standard InChI is InChI=1S/C39H37F2N5O7/c1-52-30-19-11-18-29(21-30)35-42-23-32(45-38(51)53-25-28-16-9-4-10-17-28)36(49)46(35)24-33(47)44-31(20-26-12-5-2-6-13-26)34(48)39(40,41)37(50)43-22-27-14-7-3-8-15-27/h2-19,21,23,31,34,48H,20,22,24-25H2,1H3,(H,43,50)(H,44,47)(H,45,51). The Bertz CT molecular complexity index is 2070. The molecule has 274 valence electrons. The lowest BCUT2D eigenvalue weighted by molar-refractivity contribution is -0.168. The second-order valence-corrected chi connectivity index (χ2v) is 11.9. The summed E-state index contributed by atoms with van der Waals surface area (Å²) in [5.41, 5.74) is 0.908. The molecule has 0 saturated carbocycles. The maximum absolute atomic E-state index is 15.6. The number of aliphatic hydroxyl groups excluding tert-OH is 1. The molecule has 3 amide bonds. The van der Waals surface area contributed by atoms with Crippen LogP contribution in [0.25, 0.3) is 11.4 Å². The Morgan fingerprint density at radius 2 is 1.49 bits per heavy atom. The number of anilines is 1. The van der Waals surface area contributed by atoms with Crippen molar-refractivity contribution in [3.63, 3.8) is 0 Å². The topological polar surface area (TPSA) is 161 Å². The number of hydrogen-bond donors (Lipinski definition) is 4. The van der Waals surface area contributed by atoms with Crippen LogP contribution in [0.1, 0.15) is 16.7 Å². The highest BCUT2D eigenvalue weighted by Gasteiger charge is 2.50. The van der Waals surface area contributed by atoms with Crippen molar-refractivity contribution in [2.45, 2.75) is 44.2 Å². The van der Waals surface area contributed by atoms with E-state index in [9.17, 15) is 24.3 Å². The number of carbonyl (C=O) groups excluding carboxylic acids is 3. The molecule has 0 fully saturated rings. The van der Waals surface area contributed by atoms with Crippen molar-refractivity contribution in [1.82, 2.24) is 20.2 Å². The van der Waals surface area contributed by atoms with Crippen molar-refractivity contribution in [2.24, 2.45) is 0 Å². The summed E-state index contributed by atoms with van der Waals surface area (Å²) in [4.78, 5) is 57.2. The van der Waals surface area contributed by atoms with Crippen molar-refractivity contribution in [3.8, 4) is 17.1 Å². The maximum atomic E-state index is 15.6. The van der Waals surface area contributed by atoms with E-state index in [1.807, 2.05) is 0 Å². The van der Waals surface area contributed by atoms with Gasteiger partial charge in [-0.1, -0.05) is 103 Å². The predicted octanol–water partition coefficient (Wildman–Crippen LogP) is 4.71. The summed E-state index contributed by atoms with van der Waals surface area (Å²) in [6.45, 7) is -1.08. The van der Waals surface area contributed by atoms with Crippen LogP contribution in [0.2, 0.25) is 0 Å². The van der Waals surface area contributed by atoms with E-state index in [4.69, 9.17) is 9.47 Å². The summed E-state index contributed by atoms with van der Waals surface area (Å²) in [6.07, 6.45) is -2.83. The van der Waals surface area contributed by atoms with Crippen molar-refractivity contribution < 1.29 is 37.7 Å². The second-order valence-electron chi connectivity index (χ2n) is 11.9. The van der Waals surface area contributed by atoms with Gasteiger partial charge in [0.05, 0.1) is 19.3 Å². The number of amides is 3. The third-order valence-corrected chi connectivity index (χ3v) is 8.12. The third-order valence-electron chi connectivity index (χ3n) is 8.12. The fraction of sp³-hybridized carbons (Fsp3) is 0.205. The van der Waals surface area contributed by atoms with Gasteiger partial charge in [-0.05, 0) is 35.2 Å². The number of aliphatic hydroxyl groups is 1. The van der Waals surface area contributed by atoms with Gasteiger partial charge in [-0.2, -0.15) is 8.78 Å². The lowest BCUT2D eigenvalue weighted by Crippen LogP contribution is -2.58. The largest absolute Gasteiger partial charge is 0.497 e. The van der Waals surface area contributed by atoms with Gasteiger partial charge in [0.15, 0.2) is 0 Å². The van der Waals surface area contributed by atoms with Crippen LogP contribution in [0, 0.1) is 0 Å². The summed E-state index contributed by atoms with van der Waals surface area (Å²) in [7, 11) is 1.44. The minimum absolute atomic E-state index is 0.0157. The zero-order chi connectivity index (χ0) is 37.8. The van der Waals surface area contributed by atoms with Crippen LogP contribution in [0.5, 0.6) is 5.75 Å². The molecular weight excluding hydrogens is 688 g/mol. The number of ether oxygens (including phenoxy) is 2. The Labute approximate surface area is 303 Å². The van der Waals surface area contributed by atoms with Gasteiger partial charge in [0, 0.05) is 12.1 Å². The van der Waals surface area contributed by atoms with Gasteiger partial charge in [0.25, 0.3) is 11.5 Å². The molecule has 0 bridgehead atoms. The lowest BCUT2D eigenvalue weighted by Gasteiger charge is -2.30. The van der Waals surface area contributed by atoms with E-state index in [1.54, 1.807) is 115 Å². The fourth-order valence-corrected chi connectivity index (χ4v) is 5.37. The van der Waals surface area contributed by atoms with Crippen molar-refractivity contribution in [2.75, 3.05) is 12.4 Å². The molecule has 0 saturated heterocycles. The second kappa shape index (κ2) is 17.7. The lowest BCUT2D eigenvalue weighted by atomic mass is 9.96. The first-order valence-electron chi connectivity index (χ1n) is 16.5. The SMILES string of the molecule is COc1cccc(-c2ncc(NC(=O)OCc3ccccc3)c(=O)n2CC(=O)NC(Cc2ccccc2)C(O)C(F)(F)C(=O)NCc2ccccc2)c1. The monoisotopic (exact) mass is 725 g/mol. The van der Waals surface area contributed by atoms with E-state index in [0.717, 1.165) is 10.8 Å². The normalized spacial score (nSPS) is 12.2. The van der Waals surface area contributed by atoms with Gasteiger partial charge in [-0.15, -0.1) is 0 Å². The maximum Gasteiger partial charge on any atom is 0.412 e. The first kappa shape index (κ1) is 37.8. The van der Waals surface area contributed by atoms with Crippen molar-refractivity contribution in [1.29, 1.82) is 0 Å². The Kier molecular flexibility index (Phi) is 12.6. The van der Waals surface area contributed by atoms with E-state index in [1.165, 1.54) is 7.11 Å². The van der Waals surface area contributed by atoms with Gasteiger partial charge in [-0.25, -0.2) is 9.78 Å². The molecule has 0 aliphatic carbocycles. The van der Waals surface area contributed by atoms with Crippen LogP contribution < -0.4 is 26.2 Å². The van der Waals surface area contributed by atoms with E-state index in [0.29, 0.717) is 28.0 Å². The molecule has 5 rings (SSSR count). The summed E-state index contributed by atoms with van der Waals surface area (Å²) in [6, 6.07) is 30.2. The highest BCUT2D eigenvalue weighted by atomic mass is 19.3. The first-order valence-corrected chi connectivity index (χ1v) is 16.5. The number of rotatable bonds is 15. The predicted molar refractivity (Wildman–Crippen MR) is 192 cm³/mol. The van der Waals surface area contributed by atoms with Gasteiger partial charge in [0.1, 0.15) is 36.5 Å². The van der Waals surface area contributed by atoms with Crippen LogP contribution in [0.3, 0.4) is 0 Å². The number of nitrogens with zero attached hydrogens (tertiary/aromatic N) is 2. The minimum Gasteiger partial charge on any atom is -0.497 e. The zero-order valence-electron chi connectivity index (χ0n) is 28.6. The van der Waals surface area contributed by atoms with E-state index < -0.39 is 48.1 Å². The van der Waals surface area contributed by atoms with Crippen LogP contribution in [-0.4, -0.2) is 57.7 Å². The molecule has 2 atom stereocenters. The summed E-state index contributed by atoms with van der Waals surface area (Å²) < 4.78 is 42.6.